The van der Waals surface area contributed by atoms with Crippen molar-refractivity contribution in [2.75, 3.05) is 25.2 Å². The number of benzene rings is 1. The maximum Gasteiger partial charge on any atom is 0.246 e. The second-order valence-corrected chi connectivity index (χ2v) is 6.19. The van der Waals surface area contributed by atoms with E-state index in [0.717, 1.165) is 17.2 Å². The molecule has 0 heterocycles. The summed E-state index contributed by atoms with van der Waals surface area (Å²) < 4.78 is 11.3. The van der Waals surface area contributed by atoms with E-state index in [2.05, 4.69) is 11.9 Å². The van der Waals surface area contributed by atoms with Gasteiger partial charge in [-0.1, -0.05) is 18.7 Å². The zero-order valence-corrected chi connectivity index (χ0v) is 13.3. The van der Waals surface area contributed by atoms with Crippen molar-refractivity contribution in [1.82, 2.24) is 4.90 Å². The highest BCUT2D eigenvalue weighted by molar-refractivity contribution is 7.83. The van der Waals surface area contributed by atoms with E-state index in [1.54, 1.807) is 12.3 Å². The molecule has 0 aliphatic heterocycles. The van der Waals surface area contributed by atoms with Crippen molar-refractivity contribution in [3.63, 3.8) is 0 Å². The van der Waals surface area contributed by atoms with Gasteiger partial charge in [-0.2, -0.15) is 0 Å². The van der Waals surface area contributed by atoms with Crippen LogP contribution in [0, 0.1) is 6.92 Å². The summed E-state index contributed by atoms with van der Waals surface area (Å²) in [5.41, 5.74) is 2.49. The number of carbonyl (C=O) groups excluding carboxylic acids is 2. The minimum atomic E-state index is -0.941. The van der Waals surface area contributed by atoms with Crippen LogP contribution in [-0.2, 0) is 26.1 Å². The fourth-order valence-corrected chi connectivity index (χ4v) is 2.58. The summed E-state index contributed by atoms with van der Waals surface area (Å²) in [6.07, 6.45) is 2.80. The molecule has 0 fully saturated rings. The van der Waals surface area contributed by atoms with Gasteiger partial charge in [0, 0.05) is 35.5 Å². The molecule has 2 amide bonds. The second kappa shape index (κ2) is 7.73. The molecule has 0 spiro atoms. The number of hydrogen-bond acceptors (Lipinski definition) is 3. The second-order valence-electron chi connectivity index (χ2n) is 4.75. The van der Waals surface area contributed by atoms with Crippen molar-refractivity contribution in [3.05, 3.63) is 42.0 Å². The molecule has 1 unspecified atom stereocenters. The van der Waals surface area contributed by atoms with Gasteiger partial charge in [0.1, 0.15) is 0 Å². The Balaban J connectivity index is 2.79. The highest BCUT2D eigenvalue weighted by atomic mass is 32.2. The average Bonchev–Trinajstić information content (AvgIpc) is 2.41. The van der Waals surface area contributed by atoms with E-state index < -0.39 is 10.8 Å². The molecule has 0 aromatic heterocycles. The van der Waals surface area contributed by atoms with Crippen LogP contribution in [0.2, 0.25) is 0 Å². The fourth-order valence-electron chi connectivity index (χ4n) is 1.83. The molecule has 0 saturated carbocycles. The Hall–Kier alpha value is -1.95. The molecule has 1 rings (SSSR count). The summed E-state index contributed by atoms with van der Waals surface area (Å²) in [6, 6.07) is 5.48. The lowest BCUT2D eigenvalue weighted by molar-refractivity contribution is -0.129. The third-order valence-corrected chi connectivity index (χ3v) is 3.73. The van der Waals surface area contributed by atoms with Gasteiger partial charge < -0.3 is 10.2 Å². The first-order valence-electron chi connectivity index (χ1n) is 6.41. The van der Waals surface area contributed by atoms with Gasteiger partial charge in [-0.3, -0.25) is 13.8 Å². The van der Waals surface area contributed by atoms with Crippen LogP contribution in [0.15, 0.2) is 30.9 Å². The summed E-state index contributed by atoms with van der Waals surface area (Å²) in [6.45, 7) is 5.20. The number of nitrogens with one attached hydrogen (secondary N) is 1. The van der Waals surface area contributed by atoms with E-state index in [-0.39, 0.29) is 18.4 Å². The zero-order valence-electron chi connectivity index (χ0n) is 12.5. The average molecular weight is 308 g/mol. The Labute approximate surface area is 127 Å². The summed E-state index contributed by atoms with van der Waals surface area (Å²) in [5, 5.41) is 2.77. The van der Waals surface area contributed by atoms with Crippen LogP contribution in [-0.4, -0.2) is 40.8 Å². The molecule has 1 aromatic carbocycles. The SMILES string of the molecule is C=CC(=O)N(C)CC(=O)Nc1cccc(CS(C)=O)c1C. The van der Waals surface area contributed by atoms with Gasteiger partial charge in [0.2, 0.25) is 11.8 Å². The molecule has 6 heteroatoms. The molecular formula is C15H20N2O3S. The summed E-state index contributed by atoms with van der Waals surface area (Å²) >= 11 is 0. The van der Waals surface area contributed by atoms with Gasteiger partial charge in [-0.05, 0) is 30.2 Å². The van der Waals surface area contributed by atoms with Crippen LogP contribution in [0.1, 0.15) is 11.1 Å². The van der Waals surface area contributed by atoms with Crippen molar-refractivity contribution in [1.29, 1.82) is 0 Å². The highest BCUT2D eigenvalue weighted by Crippen LogP contribution is 2.20. The van der Waals surface area contributed by atoms with E-state index in [0.29, 0.717) is 11.4 Å². The van der Waals surface area contributed by atoms with E-state index >= 15 is 0 Å². The highest BCUT2D eigenvalue weighted by Gasteiger charge is 2.12. The molecule has 1 aromatic rings. The van der Waals surface area contributed by atoms with E-state index in [9.17, 15) is 13.8 Å². The number of anilines is 1. The Bertz CT molecular complexity index is 584. The summed E-state index contributed by atoms with van der Waals surface area (Å²) in [4.78, 5) is 24.5. The normalized spacial score (nSPS) is 11.6. The van der Waals surface area contributed by atoms with Crippen LogP contribution in [0.4, 0.5) is 5.69 Å². The smallest absolute Gasteiger partial charge is 0.246 e. The molecule has 5 nitrogen and oxygen atoms in total. The van der Waals surface area contributed by atoms with Gasteiger partial charge in [0.05, 0.1) is 6.54 Å². The first-order valence-corrected chi connectivity index (χ1v) is 8.13. The predicted octanol–water partition coefficient (Wildman–Crippen LogP) is 1.46. The van der Waals surface area contributed by atoms with Gasteiger partial charge in [-0.25, -0.2) is 0 Å². The van der Waals surface area contributed by atoms with Crippen molar-refractivity contribution < 1.29 is 13.8 Å². The standard InChI is InChI=1S/C15H20N2O3S/c1-5-15(19)17(3)9-14(18)16-13-8-6-7-12(11(13)2)10-21(4)20/h5-8H,1,9-10H2,2-4H3,(H,16,18). The molecule has 1 atom stereocenters. The minimum Gasteiger partial charge on any atom is -0.333 e. The van der Waals surface area contributed by atoms with Crippen LogP contribution in [0.25, 0.3) is 0 Å². The van der Waals surface area contributed by atoms with Crippen molar-refractivity contribution in [2.45, 2.75) is 12.7 Å². The molecule has 1 N–H and O–H groups in total. The number of rotatable bonds is 6. The molecule has 0 saturated heterocycles. The lowest BCUT2D eigenvalue weighted by Crippen LogP contribution is -2.33. The number of amides is 2. The quantitative estimate of drug-likeness (QED) is 0.809. The maximum atomic E-state index is 11.9. The number of hydrogen-bond donors (Lipinski definition) is 1. The molecule has 21 heavy (non-hydrogen) atoms. The molecule has 0 aliphatic rings. The zero-order chi connectivity index (χ0) is 16.0. The monoisotopic (exact) mass is 308 g/mol. The largest absolute Gasteiger partial charge is 0.333 e. The van der Waals surface area contributed by atoms with E-state index in [1.165, 1.54) is 11.9 Å². The Kier molecular flexibility index (Phi) is 6.30. The third-order valence-electron chi connectivity index (χ3n) is 3.01. The van der Waals surface area contributed by atoms with Crippen LogP contribution in [0.5, 0.6) is 0 Å². The first kappa shape index (κ1) is 17.1. The van der Waals surface area contributed by atoms with Crippen LogP contribution >= 0.6 is 0 Å². The predicted molar refractivity (Wildman–Crippen MR) is 85.4 cm³/mol. The van der Waals surface area contributed by atoms with Crippen molar-refractivity contribution in [2.24, 2.45) is 0 Å². The van der Waals surface area contributed by atoms with E-state index in [1.807, 2.05) is 19.1 Å². The number of likely N-dealkylation sites (N-methyl/N-ethyl adjacent to an activating group) is 1. The number of nitrogens with zero attached hydrogens (tertiary/aromatic N) is 1. The van der Waals surface area contributed by atoms with Gasteiger partial charge in [0.15, 0.2) is 0 Å². The minimum absolute atomic E-state index is 0.0474. The van der Waals surface area contributed by atoms with Crippen molar-refractivity contribution in [3.8, 4) is 0 Å². The van der Waals surface area contributed by atoms with Gasteiger partial charge >= 0.3 is 0 Å². The lowest BCUT2D eigenvalue weighted by Gasteiger charge is -2.16. The maximum absolute atomic E-state index is 11.9. The van der Waals surface area contributed by atoms with Crippen LogP contribution in [0.3, 0.4) is 0 Å². The molecule has 114 valence electrons. The van der Waals surface area contributed by atoms with Gasteiger partial charge in [0.25, 0.3) is 0 Å². The van der Waals surface area contributed by atoms with Crippen LogP contribution < -0.4 is 5.32 Å². The Morgan fingerprint density at radius 2 is 2.10 bits per heavy atom. The first-order chi connectivity index (χ1) is 9.85. The fraction of sp³-hybridized carbons (Fsp3) is 0.333. The van der Waals surface area contributed by atoms with E-state index in [4.69, 9.17) is 0 Å². The molecule has 0 radical (unpaired) electrons. The van der Waals surface area contributed by atoms with Crippen molar-refractivity contribution >= 4 is 28.3 Å². The topological polar surface area (TPSA) is 66.5 Å². The Morgan fingerprint density at radius 3 is 2.67 bits per heavy atom. The third kappa shape index (κ3) is 5.15. The van der Waals surface area contributed by atoms with Gasteiger partial charge in [-0.15, -0.1) is 0 Å². The lowest BCUT2D eigenvalue weighted by atomic mass is 10.1. The Morgan fingerprint density at radius 1 is 1.43 bits per heavy atom. The molecule has 0 aliphatic carbocycles. The molecule has 0 bridgehead atoms. The summed E-state index contributed by atoms with van der Waals surface area (Å²) in [7, 11) is 0.594. The molecular weight excluding hydrogens is 288 g/mol. The summed E-state index contributed by atoms with van der Waals surface area (Å²) in [5.74, 6) is -0.146. The number of carbonyl (C=O) groups is 2.